The molecule has 24 heavy (non-hydrogen) atoms. The van der Waals surface area contributed by atoms with E-state index in [4.69, 9.17) is 0 Å². The number of likely N-dealkylation sites (N-methyl/N-ethyl adjacent to an activating group) is 2. The predicted molar refractivity (Wildman–Crippen MR) is 103 cm³/mol. The van der Waals surface area contributed by atoms with Gasteiger partial charge in [0.1, 0.15) is 0 Å². The largest absolute Gasteiger partial charge is 0.355 e. The van der Waals surface area contributed by atoms with Gasteiger partial charge in [-0.05, 0) is 39.9 Å². The Kier molecular flexibility index (Phi) is 8.29. The summed E-state index contributed by atoms with van der Waals surface area (Å²) >= 11 is 0. The van der Waals surface area contributed by atoms with E-state index < -0.39 is 0 Å². The number of hydrogen-bond donors (Lipinski definition) is 2. The van der Waals surface area contributed by atoms with Crippen molar-refractivity contribution < 1.29 is 0 Å². The highest BCUT2D eigenvalue weighted by molar-refractivity contribution is 5.79. The third-order valence-electron chi connectivity index (χ3n) is 5.62. The second kappa shape index (κ2) is 10.2. The first-order valence-corrected chi connectivity index (χ1v) is 9.71. The van der Waals surface area contributed by atoms with Gasteiger partial charge < -0.3 is 15.5 Å². The zero-order chi connectivity index (χ0) is 17.4. The molecule has 140 valence electrons. The highest BCUT2D eigenvalue weighted by Gasteiger charge is 2.22. The van der Waals surface area contributed by atoms with Crippen LogP contribution in [0, 0.1) is 0 Å². The molecular weight excluding hydrogens is 300 g/mol. The SMILES string of the molecule is CCC1CCCCN1CCNC(=NC)NCC1CN(C)CCN1C. The lowest BCUT2D eigenvalue weighted by molar-refractivity contribution is 0.116. The molecular formula is C18H38N6. The predicted octanol–water partition coefficient (Wildman–Crippen LogP) is 0.662. The van der Waals surface area contributed by atoms with Crippen LogP contribution in [0.1, 0.15) is 32.6 Å². The van der Waals surface area contributed by atoms with Crippen molar-refractivity contribution in [1.29, 1.82) is 0 Å². The minimum atomic E-state index is 0.550. The minimum Gasteiger partial charge on any atom is -0.355 e. The van der Waals surface area contributed by atoms with Gasteiger partial charge in [-0.1, -0.05) is 13.3 Å². The van der Waals surface area contributed by atoms with Crippen LogP contribution in [0.4, 0.5) is 0 Å². The summed E-state index contributed by atoms with van der Waals surface area (Å²) in [5.74, 6) is 0.932. The summed E-state index contributed by atoms with van der Waals surface area (Å²) < 4.78 is 0. The molecule has 0 aromatic carbocycles. The van der Waals surface area contributed by atoms with E-state index in [0.717, 1.165) is 51.3 Å². The Hall–Kier alpha value is -0.850. The van der Waals surface area contributed by atoms with Crippen molar-refractivity contribution in [3.05, 3.63) is 0 Å². The van der Waals surface area contributed by atoms with E-state index in [1.807, 2.05) is 7.05 Å². The quantitative estimate of drug-likeness (QED) is 0.550. The van der Waals surface area contributed by atoms with E-state index in [9.17, 15) is 0 Å². The number of nitrogens with zero attached hydrogens (tertiary/aromatic N) is 4. The lowest BCUT2D eigenvalue weighted by atomic mass is 10.0. The molecule has 2 rings (SSSR count). The van der Waals surface area contributed by atoms with E-state index in [0.29, 0.717) is 6.04 Å². The number of aliphatic imine (C=N–C) groups is 1. The summed E-state index contributed by atoms with van der Waals surface area (Å²) in [5.41, 5.74) is 0. The van der Waals surface area contributed by atoms with Gasteiger partial charge in [0.25, 0.3) is 0 Å². The normalized spacial score (nSPS) is 28.1. The first kappa shape index (κ1) is 19.5. The average Bonchev–Trinajstić information content (AvgIpc) is 2.61. The summed E-state index contributed by atoms with van der Waals surface area (Å²) in [5, 5.41) is 7.00. The fourth-order valence-corrected chi connectivity index (χ4v) is 3.89. The highest BCUT2D eigenvalue weighted by atomic mass is 15.3. The molecule has 0 spiro atoms. The maximum Gasteiger partial charge on any atom is 0.191 e. The van der Waals surface area contributed by atoms with Crippen molar-refractivity contribution in [2.24, 2.45) is 4.99 Å². The molecule has 2 aliphatic heterocycles. The molecule has 2 saturated heterocycles. The van der Waals surface area contributed by atoms with Crippen LogP contribution in [0.15, 0.2) is 4.99 Å². The number of guanidine groups is 1. The molecule has 6 heteroatoms. The van der Waals surface area contributed by atoms with Gasteiger partial charge in [0.2, 0.25) is 0 Å². The smallest absolute Gasteiger partial charge is 0.191 e. The Morgan fingerprint density at radius 2 is 1.92 bits per heavy atom. The molecule has 0 amide bonds. The number of nitrogens with one attached hydrogen (secondary N) is 2. The molecule has 2 N–H and O–H groups in total. The zero-order valence-corrected chi connectivity index (χ0v) is 16.2. The summed E-state index contributed by atoms with van der Waals surface area (Å²) in [7, 11) is 6.29. The van der Waals surface area contributed by atoms with Gasteiger partial charge in [0.05, 0.1) is 0 Å². The number of hydrogen-bond acceptors (Lipinski definition) is 4. The van der Waals surface area contributed by atoms with Crippen LogP contribution < -0.4 is 10.6 Å². The van der Waals surface area contributed by atoms with Crippen LogP contribution in [0.5, 0.6) is 0 Å². The van der Waals surface area contributed by atoms with Crippen molar-refractivity contribution >= 4 is 5.96 Å². The van der Waals surface area contributed by atoms with Gasteiger partial charge in [-0.2, -0.15) is 0 Å². The standard InChI is InChI=1S/C18H38N6/c1-5-16-8-6-7-10-24(16)11-9-20-18(19-2)21-14-17-15-22(3)12-13-23(17)4/h16-17H,5-15H2,1-4H3,(H2,19,20,21). The van der Waals surface area contributed by atoms with Crippen LogP contribution in [-0.2, 0) is 0 Å². The lowest BCUT2D eigenvalue weighted by Crippen LogP contribution is -2.55. The number of piperidine rings is 1. The van der Waals surface area contributed by atoms with E-state index in [-0.39, 0.29) is 0 Å². The fraction of sp³-hybridized carbons (Fsp3) is 0.944. The molecule has 0 aliphatic carbocycles. The van der Waals surface area contributed by atoms with Crippen LogP contribution >= 0.6 is 0 Å². The van der Waals surface area contributed by atoms with E-state index in [1.165, 1.54) is 32.2 Å². The Morgan fingerprint density at radius 1 is 1.08 bits per heavy atom. The van der Waals surface area contributed by atoms with Crippen LogP contribution in [0.3, 0.4) is 0 Å². The van der Waals surface area contributed by atoms with Gasteiger partial charge >= 0.3 is 0 Å². The molecule has 0 radical (unpaired) electrons. The maximum absolute atomic E-state index is 4.38. The summed E-state index contributed by atoms with van der Waals surface area (Å²) in [6, 6.07) is 1.33. The molecule has 0 aromatic heterocycles. The molecule has 2 unspecified atom stereocenters. The van der Waals surface area contributed by atoms with Crippen LogP contribution in [-0.4, -0.2) is 99.7 Å². The minimum absolute atomic E-state index is 0.550. The van der Waals surface area contributed by atoms with Crippen LogP contribution in [0.25, 0.3) is 0 Å². The maximum atomic E-state index is 4.38. The average molecular weight is 339 g/mol. The summed E-state index contributed by atoms with van der Waals surface area (Å²) in [4.78, 5) is 11.9. The molecule has 2 aliphatic rings. The fourth-order valence-electron chi connectivity index (χ4n) is 3.89. The van der Waals surface area contributed by atoms with Gasteiger partial charge in [0, 0.05) is 58.4 Å². The van der Waals surface area contributed by atoms with Gasteiger partial charge in [0.15, 0.2) is 5.96 Å². The Balaban J connectivity index is 1.68. The van der Waals surface area contributed by atoms with Gasteiger partial charge in [-0.15, -0.1) is 0 Å². The third kappa shape index (κ3) is 5.90. The van der Waals surface area contributed by atoms with E-state index >= 15 is 0 Å². The van der Waals surface area contributed by atoms with Crippen molar-refractivity contribution in [3.8, 4) is 0 Å². The molecule has 2 heterocycles. The van der Waals surface area contributed by atoms with E-state index in [2.05, 4.69) is 51.3 Å². The topological polar surface area (TPSA) is 46.1 Å². The Labute approximate surface area is 148 Å². The molecule has 0 bridgehead atoms. The van der Waals surface area contributed by atoms with Crippen molar-refractivity contribution in [1.82, 2.24) is 25.3 Å². The second-order valence-electron chi connectivity index (χ2n) is 7.37. The molecule has 0 saturated carbocycles. The summed E-state index contributed by atoms with van der Waals surface area (Å²) in [6.07, 6.45) is 5.39. The Morgan fingerprint density at radius 3 is 2.67 bits per heavy atom. The first-order valence-electron chi connectivity index (χ1n) is 9.71. The highest BCUT2D eigenvalue weighted by Crippen LogP contribution is 2.18. The molecule has 0 aromatic rings. The van der Waals surface area contributed by atoms with Crippen molar-refractivity contribution in [3.63, 3.8) is 0 Å². The summed E-state index contributed by atoms with van der Waals surface area (Å²) in [6.45, 7) is 10.0. The number of rotatable bonds is 6. The van der Waals surface area contributed by atoms with Gasteiger partial charge in [-0.25, -0.2) is 0 Å². The van der Waals surface area contributed by atoms with Crippen LogP contribution in [0.2, 0.25) is 0 Å². The number of piperazine rings is 1. The first-order chi connectivity index (χ1) is 11.6. The second-order valence-corrected chi connectivity index (χ2v) is 7.37. The van der Waals surface area contributed by atoms with Crippen molar-refractivity contribution in [2.45, 2.75) is 44.7 Å². The molecule has 2 fully saturated rings. The van der Waals surface area contributed by atoms with Crippen molar-refractivity contribution in [2.75, 3.05) is 67.0 Å². The van der Waals surface area contributed by atoms with Gasteiger partial charge in [-0.3, -0.25) is 14.8 Å². The van der Waals surface area contributed by atoms with E-state index in [1.54, 1.807) is 0 Å². The third-order valence-corrected chi connectivity index (χ3v) is 5.62. The molecule has 6 nitrogen and oxygen atoms in total. The number of likely N-dealkylation sites (tertiary alicyclic amines) is 1. The zero-order valence-electron chi connectivity index (χ0n) is 16.2. The monoisotopic (exact) mass is 338 g/mol. The lowest BCUT2D eigenvalue weighted by Gasteiger charge is -2.38. The Bertz CT molecular complexity index is 386. The molecule has 2 atom stereocenters.